The molecule has 2 unspecified atom stereocenters. The standard InChI is InChI=1S/C12H23NO3/c1-3-7-16-11-5-4-6-13(9-11)10(2)8-12(14)15/h10-11H,3-9H2,1-2H3,(H,14,15). The van der Waals surface area contributed by atoms with Crippen molar-refractivity contribution in [1.82, 2.24) is 4.90 Å². The first-order chi connectivity index (χ1) is 7.63. The molecule has 1 aliphatic heterocycles. The van der Waals surface area contributed by atoms with E-state index in [1.807, 2.05) is 6.92 Å². The molecule has 1 fully saturated rings. The van der Waals surface area contributed by atoms with Crippen molar-refractivity contribution in [2.45, 2.75) is 51.7 Å². The van der Waals surface area contributed by atoms with E-state index >= 15 is 0 Å². The molecule has 1 heterocycles. The Morgan fingerprint density at radius 3 is 3.00 bits per heavy atom. The molecule has 1 N–H and O–H groups in total. The predicted molar refractivity (Wildman–Crippen MR) is 62.6 cm³/mol. The van der Waals surface area contributed by atoms with Crippen molar-refractivity contribution >= 4 is 5.97 Å². The van der Waals surface area contributed by atoms with E-state index in [0.717, 1.165) is 39.0 Å². The highest BCUT2D eigenvalue weighted by Crippen LogP contribution is 2.17. The van der Waals surface area contributed by atoms with Gasteiger partial charge < -0.3 is 9.84 Å². The smallest absolute Gasteiger partial charge is 0.304 e. The minimum Gasteiger partial charge on any atom is -0.481 e. The fraction of sp³-hybridized carbons (Fsp3) is 0.917. The van der Waals surface area contributed by atoms with Crippen LogP contribution in [-0.4, -0.2) is 47.8 Å². The second kappa shape index (κ2) is 6.86. The first kappa shape index (κ1) is 13.5. The number of piperidine rings is 1. The first-order valence-electron chi connectivity index (χ1n) is 6.21. The maximum atomic E-state index is 10.6. The molecule has 0 aromatic heterocycles. The summed E-state index contributed by atoms with van der Waals surface area (Å²) in [6.07, 6.45) is 3.78. The monoisotopic (exact) mass is 229 g/mol. The minimum atomic E-state index is -0.718. The van der Waals surface area contributed by atoms with Gasteiger partial charge in [0.05, 0.1) is 12.5 Å². The number of hydrogen-bond acceptors (Lipinski definition) is 3. The number of carboxylic acids is 1. The van der Waals surface area contributed by atoms with Gasteiger partial charge in [-0.25, -0.2) is 0 Å². The molecule has 0 aromatic rings. The Balaban J connectivity index is 2.34. The van der Waals surface area contributed by atoms with Crippen LogP contribution >= 0.6 is 0 Å². The van der Waals surface area contributed by atoms with Gasteiger partial charge in [-0.3, -0.25) is 9.69 Å². The normalized spacial score (nSPS) is 24.2. The van der Waals surface area contributed by atoms with Gasteiger partial charge in [-0.2, -0.15) is 0 Å². The van der Waals surface area contributed by atoms with Crippen molar-refractivity contribution in [3.05, 3.63) is 0 Å². The average Bonchev–Trinajstić information content (AvgIpc) is 2.26. The molecule has 16 heavy (non-hydrogen) atoms. The van der Waals surface area contributed by atoms with Crippen LogP contribution in [0.25, 0.3) is 0 Å². The van der Waals surface area contributed by atoms with E-state index in [9.17, 15) is 4.79 Å². The molecule has 1 aliphatic rings. The third kappa shape index (κ3) is 4.49. The molecule has 4 nitrogen and oxygen atoms in total. The van der Waals surface area contributed by atoms with Crippen LogP contribution in [0.2, 0.25) is 0 Å². The Labute approximate surface area is 97.6 Å². The summed E-state index contributed by atoms with van der Waals surface area (Å²) in [5, 5.41) is 8.76. The maximum Gasteiger partial charge on any atom is 0.304 e. The number of aliphatic carboxylic acids is 1. The zero-order valence-electron chi connectivity index (χ0n) is 10.3. The summed E-state index contributed by atoms with van der Waals surface area (Å²) in [7, 11) is 0. The summed E-state index contributed by atoms with van der Waals surface area (Å²) in [5.74, 6) is -0.718. The second-order valence-electron chi connectivity index (χ2n) is 4.58. The van der Waals surface area contributed by atoms with E-state index in [1.165, 1.54) is 0 Å². The first-order valence-corrected chi connectivity index (χ1v) is 6.21. The number of likely N-dealkylation sites (tertiary alicyclic amines) is 1. The molecule has 1 rings (SSSR count). The molecule has 0 radical (unpaired) electrons. The lowest BCUT2D eigenvalue weighted by Crippen LogP contribution is -2.45. The molecule has 1 saturated heterocycles. The van der Waals surface area contributed by atoms with Gasteiger partial charge in [0.2, 0.25) is 0 Å². The Hall–Kier alpha value is -0.610. The highest BCUT2D eigenvalue weighted by Gasteiger charge is 2.24. The fourth-order valence-electron chi connectivity index (χ4n) is 2.17. The van der Waals surface area contributed by atoms with Crippen LogP contribution in [0, 0.1) is 0 Å². The van der Waals surface area contributed by atoms with Gasteiger partial charge in [0, 0.05) is 19.2 Å². The number of nitrogens with zero attached hydrogens (tertiary/aromatic N) is 1. The third-order valence-electron chi connectivity index (χ3n) is 3.06. The van der Waals surface area contributed by atoms with Crippen molar-refractivity contribution in [2.24, 2.45) is 0 Å². The lowest BCUT2D eigenvalue weighted by Gasteiger charge is -2.36. The zero-order valence-corrected chi connectivity index (χ0v) is 10.3. The third-order valence-corrected chi connectivity index (χ3v) is 3.06. The van der Waals surface area contributed by atoms with Crippen molar-refractivity contribution in [2.75, 3.05) is 19.7 Å². The number of hydrogen-bond donors (Lipinski definition) is 1. The summed E-state index contributed by atoms with van der Waals surface area (Å²) in [6.45, 7) is 6.78. The molecule has 4 heteroatoms. The molecule has 0 amide bonds. The van der Waals surface area contributed by atoms with Crippen LogP contribution < -0.4 is 0 Å². The molecule has 0 spiro atoms. The van der Waals surface area contributed by atoms with Gasteiger partial charge in [0.1, 0.15) is 0 Å². The van der Waals surface area contributed by atoms with Gasteiger partial charge in [-0.15, -0.1) is 0 Å². The quantitative estimate of drug-likeness (QED) is 0.753. The zero-order chi connectivity index (χ0) is 12.0. The summed E-state index contributed by atoms with van der Waals surface area (Å²) < 4.78 is 5.73. The van der Waals surface area contributed by atoms with Crippen LogP contribution in [0.3, 0.4) is 0 Å². The van der Waals surface area contributed by atoms with Gasteiger partial charge >= 0.3 is 5.97 Å². The van der Waals surface area contributed by atoms with Crippen molar-refractivity contribution in [3.63, 3.8) is 0 Å². The lowest BCUT2D eigenvalue weighted by molar-refractivity contribution is -0.138. The number of carbonyl (C=O) groups is 1. The summed E-state index contributed by atoms with van der Waals surface area (Å²) in [6, 6.07) is 0.116. The maximum absolute atomic E-state index is 10.6. The van der Waals surface area contributed by atoms with Crippen LogP contribution in [0.4, 0.5) is 0 Å². The topological polar surface area (TPSA) is 49.8 Å². The molecule has 0 aromatic carbocycles. The van der Waals surface area contributed by atoms with E-state index in [4.69, 9.17) is 9.84 Å². The van der Waals surface area contributed by atoms with Gasteiger partial charge in [0.15, 0.2) is 0 Å². The minimum absolute atomic E-state index is 0.116. The summed E-state index contributed by atoms with van der Waals surface area (Å²) in [5.41, 5.74) is 0. The fourth-order valence-corrected chi connectivity index (χ4v) is 2.17. The largest absolute Gasteiger partial charge is 0.481 e. The Kier molecular flexibility index (Phi) is 5.77. The van der Waals surface area contributed by atoms with E-state index in [2.05, 4.69) is 11.8 Å². The summed E-state index contributed by atoms with van der Waals surface area (Å²) >= 11 is 0. The Morgan fingerprint density at radius 1 is 1.62 bits per heavy atom. The van der Waals surface area contributed by atoms with Crippen molar-refractivity contribution < 1.29 is 14.6 Å². The molecule has 94 valence electrons. The molecule has 0 bridgehead atoms. The van der Waals surface area contributed by atoms with Gasteiger partial charge in [-0.05, 0) is 32.7 Å². The highest BCUT2D eigenvalue weighted by molar-refractivity contribution is 5.67. The molecule has 2 atom stereocenters. The Bertz CT molecular complexity index is 220. The summed E-state index contributed by atoms with van der Waals surface area (Å²) in [4.78, 5) is 12.9. The molecule has 0 aliphatic carbocycles. The van der Waals surface area contributed by atoms with E-state index in [0.29, 0.717) is 6.10 Å². The van der Waals surface area contributed by atoms with Crippen LogP contribution in [0.5, 0.6) is 0 Å². The predicted octanol–water partition coefficient (Wildman–Crippen LogP) is 1.74. The van der Waals surface area contributed by atoms with E-state index in [1.54, 1.807) is 0 Å². The van der Waals surface area contributed by atoms with Crippen LogP contribution in [0.1, 0.15) is 39.5 Å². The van der Waals surface area contributed by atoms with Gasteiger partial charge in [0.25, 0.3) is 0 Å². The van der Waals surface area contributed by atoms with E-state index < -0.39 is 5.97 Å². The van der Waals surface area contributed by atoms with Crippen molar-refractivity contribution in [1.29, 1.82) is 0 Å². The Morgan fingerprint density at radius 2 is 2.38 bits per heavy atom. The van der Waals surface area contributed by atoms with E-state index in [-0.39, 0.29) is 12.5 Å². The SMILES string of the molecule is CCCOC1CCCN(C(C)CC(=O)O)C1. The molecule has 0 saturated carbocycles. The van der Waals surface area contributed by atoms with Crippen LogP contribution in [-0.2, 0) is 9.53 Å². The molecular formula is C12H23NO3. The number of carboxylic acid groups (broad SMARTS) is 1. The lowest BCUT2D eigenvalue weighted by atomic mass is 10.0. The average molecular weight is 229 g/mol. The second-order valence-corrected chi connectivity index (χ2v) is 4.58. The highest BCUT2D eigenvalue weighted by atomic mass is 16.5. The van der Waals surface area contributed by atoms with Crippen LogP contribution in [0.15, 0.2) is 0 Å². The van der Waals surface area contributed by atoms with Gasteiger partial charge in [-0.1, -0.05) is 6.92 Å². The number of ether oxygens (including phenoxy) is 1. The molecular weight excluding hydrogens is 206 g/mol. The number of rotatable bonds is 6. The van der Waals surface area contributed by atoms with Crippen molar-refractivity contribution in [3.8, 4) is 0 Å².